The first kappa shape index (κ1) is 17.9. The van der Waals surface area contributed by atoms with Gasteiger partial charge in [0.1, 0.15) is 0 Å². The van der Waals surface area contributed by atoms with Gasteiger partial charge in [-0.15, -0.1) is 23.2 Å². The Morgan fingerprint density at radius 1 is 0.800 bits per heavy atom. The summed E-state index contributed by atoms with van der Waals surface area (Å²) in [4.78, 5) is 0. The first-order valence-corrected chi connectivity index (χ1v) is 9.03. The molecule has 0 saturated carbocycles. The number of hydrogen-bond acceptors (Lipinski definition) is 0. The zero-order valence-electron chi connectivity index (χ0n) is 12.7. The van der Waals surface area contributed by atoms with Crippen molar-refractivity contribution in [1.82, 2.24) is 0 Å². The van der Waals surface area contributed by atoms with Gasteiger partial charge in [-0.05, 0) is 12.0 Å². The zero-order valence-corrected chi connectivity index (χ0v) is 14.2. The summed E-state index contributed by atoms with van der Waals surface area (Å²) in [5, 5.41) is 0. The summed E-state index contributed by atoms with van der Waals surface area (Å²) in [5.74, 6) is 1.21. The molecule has 0 aromatic heterocycles. The van der Waals surface area contributed by atoms with E-state index in [0.717, 1.165) is 6.42 Å². The molecule has 20 heavy (non-hydrogen) atoms. The monoisotopic (exact) mass is 314 g/mol. The number of alkyl halides is 2. The molecule has 0 nitrogen and oxygen atoms in total. The summed E-state index contributed by atoms with van der Waals surface area (Å²) in [6.45, 7) is 2.26. The number of benzene rings is 1. The van der Waals surface area contributed by atoms with Crippen LogP contribution in [-0.4, -0.2) is 11.8 Å². The minimum absolute atomic E-state index is 0.0478. The minimum atomic E-state index is -0.0478. The number of halogens is 2. The molecule has 114 valence electrons. The summed E-state index contributed by atoms with van der Waals surface area (Å²) in [5.41, 5.74) is 1.24. The van der Waals surface area contributed by atoms with Gasteiger partial charge in [0.05, 0.1) is 0 Å². The van der Waals surface area contributed by atoms with E-state index < -0.39 is 0 Å². The Labute approximate surface area is 134 Å². The maximum absolute atomic E-state index is 6.26. The Hall–Kier alpha value is -0.200. The van der Waals surface area contributed by atoms with Gasteiger partial charge in [0, 0.05) is 17.2 Å². The lowest BCUT2D eigenvalue weighted by atomic mass is 9.79. The van der Waals surface area contributed by atoms with Gasteiger partial charge < -0.3 is 0 Å². The second-order valence-corrected chi connectivity index (χ2v) is 6.32. The highest BCUT2D eigenvalue weighted by molar-refractivity contribution is 6.22. The molecule has 0 bridgehead atoms. The summed E-state index contributed by atoms with van der Waals surface area (Å²) < 4.78 is 0. The van der Waals surface area contributed by atoms with Gasteiger partial charge in [-0.3, -0.25) is 0 Å². The van der Waals surface area contributed by atoms with E-state index in [4.69, 9.17) is 23.2 Å². The Bertz CT molecular complexity index is 331. The van der Waals surface area contributed by atoms with Crippen molar-refractivity contribution in [2.75, 3.05) is 11.8 Å². The molecule has 2 heteroatoms. The van der Waals surface area contributed by atoms with E-state index in [1.54, 1.807) is 0 Å². The molecular formula is C18H28Cl2. The molecule has 0 spiro atoms. The van der Waals surface area contributed by atoms with Gasteiger partial charge in [-0.1, -0.05) is 82.2 Å². The lowest BCUT2D eigenvalue weighted by molar-refractivity contribution is 0.451. The molecule has 0 aliphatic carbocycles. The quantitative estimate of drug-likeness (QED) is 0.321. The summed E-state index contributed by atoms with van der Waals surface area (Å²) in [6.07, 6.45) is 10.4. The van der Waals surface area contributed by atoms with Gasteiger partial charge in [-0.2, -0.15) is 0 Å². The predicted octanol–water partition coefficient (Wildman–Crippen LogP) is 6.54. The highest BCUT2D eigenvalue weighted by Crippen LogP contribution is 2.33. The van der Waals surface area contributed by atoms with E-state index in [1.807, 2.05) is 6.07 Å². The van der Waals surface area contributed by atoms with Crippen LogP contribution >= 0.6 is 23.2 Å². The molecule has 1 rings (SSSR count). The Balaban J connectivity index is 2.40. The van der Waals surface area contributed by atoms with Crippen LogP contribution in [0.1, 0.15) is 63.9 Å². The van der Waals surface area contributed by atoms with Crippen molar-refractivity contribution in [3.05, 3.63) is 35.9 Å². The molecule has 0 saturated heterocycles. The predicted molar refractivity (Wildman–Crippen MR) is 92.2 cm³/mol. The summed E-state index contributed by atoms with van der Waals surface area (Å²) in [6, 6.07) is 10.5. The minimum Gasteiger partial charge on any atom is -0.126 e. The van der Waals surface area contributed by atoms with E-state index in [2.05, 4.69) is 31.2 Å². The third-order valence-corrected chi connectivity index (χ3v) is 5.18. The number of hydrogen-bond donors (Lipinski definition) is 0. The average Bonchev–Trinajstić information content (AvgIpc) is 2.52. The fourth-order valence-electron chi connectivity index (χ4n) is 2.68. The molecule has 0 aliphatic heterocycles. The van der Waals surface area contributed by atoms with E-state index in [-0.39, 0.29) is 5.41 Å². The van der Waals surface area contributed by atoms with Crippen molar-refractivity contribution >= 4 is 23.2 Å². The second kappa shape index (κ2) is 10.5. The van der Waals surface area contributed by atoms with E-state index in [1.165, 1.54) is 50.5 Å². The third kappa shape index (κ3) is 5.66. The van der Waals surface area contributed by atoms with Crippen molar-refractivity contribution in [3.63, 3.8) is 0 Å². The molecule has 0 unspecified atom stereocenters. The Morgan fingerprint density at radius 3 is 1.90 bits per heavy atom. The molecule has 1 aromatic carbocycles. The van der Waals surface area contributed by atoms with Crippen molar-refractivity contribution in [2.24, 2.45) is 0 Å². The number of rotatable bonds is 11. The second-order valence-electron chi connectivity index (χ2n) is 5.78. The van der Waals surface area contributed by atoms with E-state index in [0.29, 0.717) is 11.8 Å². The molecule has 0 amide bonds. The van der Waals surface area contributed by atoms with E-state index in [9.17, 15) is 0 Å². The maximum Gasteiger partial charge on any atom is 0.0332 e. The Morgan fingerprint density at radius 2 is 1.35 bits per heavy atom. The van der Waals surface area contributed by atoms with Gasteiger partial charge in [-0.25, -0.2) is 0 Å². The van der Waals surface area contributed by atoms with Crippen LogP contribution in [0, 0.1) is 0 Å². The Kier molecular flexibility index (Phi) is 9.39. The van der Waals surface area contributed by atoms with Crippen LogP contribution < -0.4 is 0 Å². The van der Waals surface area contributed by atoms with Crippen LogP contribution in [0.25, 0.3) is 0 Å². The topological polar surface area (TPSA) is 0 Å². The van der Waals surface area contributed by atoms with Gasteiger partial charge in [0.15, 0.2) is 0 Å². The molecule has 1 aromatic rings. The van der Waals surface area contributed by atoms with Crippen LogP contribution in [0.4, 0.5) is 0 Å². The molecule has 0 heterocycles. The van der Waals surface area contributed by atoms with Crippen molar-refractivity contribution in [3.8, 4) is 0 Å². The fraction of sp³-hybridized carbons (Fsp3) is 0.667. The van der Waals surface area contributed by atoms with Crippen molar-refractivity contribution < 1.29 is 0 Å². The summed E-state index contributed by atoms with van der Waals surface area (Å²) >= 11 is 12.5. The average molecular weight is 315 g/mol. The molecule has 0 N–H and O–H groups in total. The third-order valence-electron chi connectivity index (χ3n) is 4.16. The van der Waals surface area contributed by atoms with Crippen molar-refractivity contribution in [2.45, 2.75) is 63.7 Å². The largest absolute Gasteiger partial charge is 0.126 e. The lowest BCUT2D eigenvalue weighted by Gasteiger charge is -2.30. The van der Waals surface area contributed by atoms with Gasteiger partial charge >= 0.3 is 0 Å². The fourth-order valence-corrected chi connectivity index (χ4v) is 3.54. The van der Waals surface area contributed by atoms with Gasteiger partial charge in [0.25, 0.3) is 0 Å². The standard InChI is InChI=1S/C18H28Cl2/c1-2-3-4-5-6-7-11-14-18(15-19,16-20)17-12-9-8-10-13-17/h8-10,12-13H,2-7,11,14-16H2,1H3. The molecule has 0 aliphatic rings. The van der Waals surface area contributed by atoms with Crippen LogP contribution in [0.3, 0.4) is 0 Å². The van der Waals surface area contributed by atoms with Crippen LogP contribution in [0.5, 0.6) is 0 Å². The van der Waals surface area contributed by atoms with Crippen LogP contribution in [-0.2, 0) is 5.41 Å². The lowest BCUT2D eigenvalue weighted by Crippen LogP contribution is -2.30. The molecule has 0 fully saturated rings. The van der Waals surface area contributed by atoms with Gasteiger partial charge in [0.2, 0.25) is 0 Å². The van der Waals surface area contributed by atoms with E-state index >= 15 is 0 Å². The normalized spacial score (nSPS) is 11.8. The van der Waals surface area contributed by atoms with Crippen LogP contribution in [0.2, 0.25) is 0 Å². The highest BCUT2D eigenvalue weighted by atomic mass is 35.5. The maximum atomic E-state index is 6.26. The zero-order chi connectivity index (χ0) is 14.7. The SMILES string of the molecule is CCCCCCCCCC(CCl)(CCl)c1ccccc1. The molecule has 0 atom stereocenters. The number of unbranched alkanes of at least 4 members (excludes halogenated alkanes) is 6. The molecule has 0 radical (unpaired) electrons. The van der Waals surface area contributed by atoms with Crippen LogP contribution in [0.15, 0.2) is 30.3 Å². The molecular weight excluding hydrogens is 287 g/mol. The smallest absolute Gasteiger partial charge is 0.0332 e. The first-order valence-electron chi connectivity index (χ1n) is 7.96. The first-order chi connectivity index (χ1) is 9.79. The highest BCUT2D eigenvalue weighted by Gasteiger charge is 2.29. The summed E-state index contributed by atoms with van der Waals surface area (Å²) in [7, 11) is 0. The van der Waals surface area contributed by atoms with Crippen molar-refractivity contribution in [1.29, 1.82) is 0 Å².